The molecule has 0 unspecified atom stereocenters. The van der Waals surface area contributed by atoms with Crippen LogP contribution in [0.2, 0.25) is 0 Å². The van der Waals surface area contributed by atoms with E-state index in [0.29, 0.717) is 37.9 Å². The molecule has 2 aliphatic heterocycles. The van der Waals surface area contributed by atoms with E-state index in [1.807, 2.05) is 44.4 Å². The summed E-state index contributed by atoms with van der Waals surface area (Å²) in [5.74, 6) is -0.0119. The smallest absolute Gasteiger partial charge is 0.431 e. The monoisotopic (exact) mass is 496 g/mol. The van der Waals surface area contributed by atoms with Crippen molar-refractivity contribution in [3.05, 3.63) is 60.1 Å². The fourth-order valence-corrected chi connectivity index (χ4v) is 4.30. The van der Waals surface area contributed by atoms with Gasteiger partial charge in [-0.05, 0) is 44.8 Å². The zero-order chi connectivity index (χ0) is 25.5. The van der Waals surface area contributed by atoms with Gasteiger partial charge < -0.3 is 29.3 Å². The van der Waals surface area contributed by atoms with Crippen molar-refractivity contribution in [2.45, 2.75) is 31.8 Å². The number of ether oxygens (including phenoxy) is 3. The molecular formula is C26H32N4O6. The van der Waals surface area contributed by atoms with Crippen LogP contribution in [0.5, 0.6) is 0 Å². The molecule has 3 heterocycles. The van der Waals surface area contributed by atoms with Gasteiger partial charge in [-0.3, -0.25) is 9.36 Å². The zero-order valence-corrected chi connectivity index (χ0v) is 20.6. The Morgan fingerprint density at radius 3 is 2.61 bits per heavy atom. The first kappa shape index (κ1) is 25.3. The van der Waals surface area contributed by atoms with Crippen molar-refractivity contribution in [3.8, 4) is 0 Å². The van der Waals surface area contributed by atoms with Crippen LogP contribution in [0.15, 0.2) is 54.5 Å². The van der Waals surface area contributed by atoms with Gasteiger partial charge in [-0.2, -0.15) is 0 Å². The van der Waals surface area contributed by atoms with Gasteiger partial charge in [0.15, 0.2) is 0 Å². The van der Waals surface area contributed by atoms with Crippen LogP contribution in [0, 0.1) is 0 Å². The lowest BCUT2D eigenvalue weighted by Crippen LogP contribution is -2.42. The Morgan fingerprint density at radius 1 is 1.11 bits per heavy atom. The third-order valence-electron chi connectivity index (χ3n) is 6.25. The van der Waals surface area contributed by atoms with Gasteiger partial charge in [-0.25, -0.2) is 9.59 Å². The molecule has 1 saturated heterocycles. The summed E-state index contributed by atoms with van der Waals surface area (Å²) in [6.07, 6.45) is 7.69. The lowest BCUT2D eigenvalue weighted by molar-refractivity contribution is -0.129. The van der Waals surface area contributed by atoms with Gasteiger partial charge in [0.2, 0.25) is 6.79 Å². The summed E-state index contributed by atoms with van der Waals surface area (Å²) in [5.41, 5.74) is 2.48. The van der Waals surface area contributed by atoms with Crippen LogP contribution in [-0.2, 0) is 25.4 Å². The van der Waals surface area contributed by atoms with E-state index < -0.39 is 19.0 Å². The number of likely N-dealkylation sites (N-methyl/N-ethyl adjacent to an activating group) is 1. The van der Waals surface area contributed by atoms with E-state index in [-0.39, 0.29) is 12.0 Å². The van der Waals surface area contributed by atoms with Crippen molar-refractivity contribution in [1.82, 2.24) is 19.7 Å². The van der Waals surface area contributed by atoms with Gasteiger partial charge in [-0.15, -0.1) is 0 Å². The average Bonchev–Trinajstić information content (AvgIpc) is 3.27. The standard InChI is InChI=1S/C26H32N4O6/c1-28(2)13-9-20-17-30(23-8-4-3-7-22(20)23)25(32)34-18-35-26(33)36-21-10-14-29(15-11-21)24(31)19-6-5-12-27-16-19/h3-5,7-8,12,16-17,21,27H,6,9-11,13-15,18H2,1-2H3. The number of carbonyl (C=O) groups excluding carboxylic acids is 3. The van der Waals surface area contributed by atoms with E-state index in [9.17, 15) is 14.4 Å². The highest BCUT2D eigenvalue weighted by atomic mass is 16.8. The Morgan fingerprint density at radius 2 is 1.89 bits per heavy atom. The SMILES string of the molecule is CN(C)CCc1cn(C(=O)OCOC(=O)OC2CCN(C(=O)C3=CNC=CC3)CC2)c2ccccc12. The number of fused-ring (bicyclic) bond motifs is 1. The van der Waals surface area contributed by atoms with Crippen LogP contribution in [0.1, 0.15) is 24.8 Å². The van der Waals surface area contributed by atoms with Crippen molar-refractivity contribution in [3.63, 3.8) is 0 Å². The quantitative estimate of drug-likeness (QED) is 0.461. The molecule has 192 valence electrons. The fraction of sp³-hybridized carbons (Fsp3) is 0.423. The number of nitrogens with zero attached hydrogens (tertiary/aromatic N) is 3. The number of likely N-dealkylation sites (tertiary alicyclic amines) is 1. The molecule has 0 bridgehead atoms. The molecule has 0 aliphatic carbocycles. The van der Waals surface area contributed by atoms with E-state index >= 15 is 0 Å². The van der Waals surface area contributed by atoms with Crippen LogP contribution < -0.4 is 5.32 Å². The van der Waals surface area contributed by atoms with Crippen LogP contribution in [-0.4, -0.2) is 79.1 Å². The number of nitrogens with one attached hydrogen (secondary N) is 1. The molecule has 1 amide bonds. The zero-order valence-electron chi connectivity index (χ0n) is 20.6. The Labute approximate surface area is 210 Å². The number of carbonyl (C=O) groups is 3. The molecule has 2 aromatic rings. The highest BCUT2D eigenvalue weighted by molar-refractivity contribution is 5.94. The summed E-state index contributed by atoms with van der Waals surface area (Å²) in [4.78, 5) is 41.2. The molecule has 0 radical (unpaired) electrons. The molecule has 2 aliphatic rings. The second-order valence-electron chi connectivity index (χ2n) is 9.07. The third kappa shape index (κ3) is 6.25. The predicted molar refractivity (Wildman–Crippen MR) is 133 cm³/mol. The lowest BCUT2D eigenvalue weighted by Gasteiger charge is -2.32. The predicted octanol–water partition coefficient (Wildman–Crippen LogP) is 3.22. The highest BCUT2D eigenvalue weighted by Gasteiger charge is 2.27. The van der Waals surface area contributed by atoms with E-state index in [4.69, 9.17) is 14.2 Å². The number of aromatic nitrogens is 1. The minimum atomic E-state index is -0.902. The summed E-state index contributed by atoms with van der Waals surface area (Å²) in [7, 11) is 4.00. The van der Waals surface area contributed by atoms with E-state index in [1.54, 1.807) is 23.5 Å². The van der Waals surface area contributed by atoms with Crippen molar-refractivity contribution in [2.75, 3.05) is 40.5 Å². The van der Waals surface area contributed by atoms with E-state index in [1.165, 1.54) is 4.57 Å². The molecular weight excluding hydrogens is 464 g/mol. The average molecular weight is 497 g/mol. The summed E-state index contributed by atoms with van der Waals surface area (Å²) >= 11 is 0. The van der Waals surface area contributed by atoms with Crippen molar-refractivity contribution >= 4 is 29.1 Å². The maximum atomic E-state index is 12.7. The first-order valence-electron chi connectivity index (χ1n) is 12.1. The second-order valence-corrected chi connectivity index (χ2v) is 9.07. The third-order valence-corrected chi connectivity index (χ3v) is 6.25. The molecule has 1 aromatic heterocycles. The number of benzene rings is 1. The summed E-state index contributed by atoms with van der Waals surface area (Å²) < 4.78 is 16.9. The van der Waals surface area contributed by atoms with Crippen LogP contribution >= 0.6 is 0 Å². The molecule has 4 rings (SSSR count). The lowest BCUT2D eigenvalue weighted by atomic mass is 10.1. The molecule has 1 N–H and O–H groups in total. The van der Waals surface area contributed by atoms with Crippen molar-refractivity contribution in [2.24, 2.45) is 0 Å². The van der Waals surface area contributed by atoms with Crippen molar-refractivity contribution in [1.29, 1.82) is 0 Å². The molecule has 10 heteroatoms. The normalized spacial score (nSPS) is 16.0. The van der Waals surface area contributed by atoms with Crippen LogP contribution in [0.3, 0.4) is 0 Å². The molecule has 0 saturated carbocycles. The highest BCUT2D eigenvalue weighted by Crippen LogP contribution is 2.22. The van der Waals surface area contributed by atoms with Crippen LogP contribution in [0.25, 0.3) is 10.9 Å². The Bertz CT molecular complexity index is 1160. The number of amides is 1. The number of dihydropyridines is 1. The van der Waals surface area contributed by atoms with Crippen molar-refractivity contribution < 1.29 is 28.6 Å². The van der Waals surface area contributed by atoms with E-state index in [2.05, 4.69) is 10.2 Å². The molecule has 1 aromatic carbocycles. The first-order valence-corrected chi connectivity index (χ1v) is 12.1. The maximum absolute atomic E-state index is 12.7. The van der Waals surface area contributed by atoms with E-state index in [0.717, 1.165) is 29.4 Å². The number of hydrogen-bond donors (Lipinski definition) is 1. The largest absolute Gasteiger partial charge is 0.511 e. The number of piperidine rings is 1. The first-order chi connectivity index (χ1) is 17.4. The minimum Gasteiger partial charge on any atom is -0.431 e. The van der Waals surface area contributed by atoms with Gasteiger partial charge in [0.1, 0.15) is 6.10 Å². The molecule has 0 spiro atoms. The molecule has 36 heavy (non-hydrogen) atoms. The number of rotatable bonds is 7. The van der Waals surface area contributed by atoms with Gasteiger partial charge in [0.25, 0.3) is 5.91 Å². The minimum absolute atomic E-state index is 0.0119. The second kappa shape index (κ2) is 11.8. The Kier molecular flexibility index (Phi) is 8.27. The van der Waals surface area contributed by atoms with Gasteiger partial charge in [-0.1, -0.05) is 24.3 Å². The Balaban J connectivity index is 1.22. The summed E-state index contributed by atoms with van der Waals surface area (Å²) in [6, 6.07) is 7.60. The maximum Gasteiger partial charge on any atom is 0.511 e. The summed E-state index contributed by atoms with van der Waals surface area (Å²) in [5, 5.41) is 3.91. The van der Waals surface area contributed by atoms with Gasteiger partial charge in [0, 0.05) is 55.8 Å². The fourth-order valence-electron chi connectivity index (χ4n) is 4.30. The van der Waals surface area contributed by atoms with Gasteiger partial charge >= 0.3 is 12.2 Å². The number of allylic oxidation sites excluding steroid dienone is 1. The van der Waals surface area contributed by atoms with Gasteiger partial charge in [0.05, 0.1) is 5.52 Å². The number of para-hydroxylation sites is 1. The van der Waals surface area contributed by atoms with Crippen LogP contribution in [0.4, 0.5) is 9.59 Å². The molecule has 1 fully saturated rings. The summed E-state index contributed by atoms with van der Waals surface area (Å²) in [6.45, 7) is 1.27. The Hall–Kier alpha value is -3.79. The topological polar surface area (TPSA) is 102 Å². The molecule has 10 nitrogen and oxygen atoms in total. The number of hydrogen-bond acceptors (Lipinski definition) is 8. The molecule has 0 atom stereocenters.